The Kier molecular flexibility index (Phi) is 6.17. The molecule has 2 aliphatic rings. The molecule has 1 aromatic heterocycles. The van der Waals surface area contributed by atoms with Crippen LogP contribution in [-0.4, -0.2) is 72.4 Å². The molecule has 1 fully saturated rings. The lowest BCUT2D eigenvalue weighted by Crippen LogP contribution is -2.56. The van der Waals surface area contributed by atoms with E-state index in [0.717, 1.165) is 16.8 Å². The summed E-state index contributed by atoms with van der Waals surface area (Å²) in [6.07, 6.45) is -3.40. The number of carbonyl (C=O) groups is 1. The van der Waals surface area contributed by atoms with Crippen molar-refractivity contribution in [3.63, 3.8) is 0 Å². The highest BCUT2D eigenvalue weighted by atomic mass is 19.2. The molecule has 3 rings (SSSR count). The number of allylic oxidation sites excluding steroid dienone is 6. The smallest absolute Gasteiger partial charge is 0.306 e. The van der Waals surface area contributed by atoms with Crippen molar-refractivity contribution >= 4 is 11.5 Å². The van der Waals surface area contributed by atoms with E-state index in [2.05, 4.69) is 10.3 Å². The normalized spacial score (nSPS) is 30.6. The first-order chi connectivity index (χ1) is 13.7. The number of halogens is 3. The Hall–Kier alpha value is -2.54. The predicted octanol–water partition coefficient (Wildman–Crippen LogP) is 0.567. The topological polar surface area (TPSA) is 138 Å². The molecule has 0 bridgehead atoms. The molecule has 1 aliphatic heterocycles. The second kappa shape index (κ2) is 8.45. The van der Waals surface area contributed by atoms with Crippen LogP contribution in [-0.2, 0) is 9.53 Å². The van der Waals surface area contributed by atoms with Crippen molar-refractivity contribution in [3.8, 4) is 0 Å². The summed E-state index contributed by atoms with van der Waals surface area (Å²) < 4.78 is 46.7. The highest BCUT2D eigenvalue weighted by molar-refractivity contribution is 5.68. The summed E-state index contributed by atoms with van der Waals surface area (Å²) in [4.78, 5) is 11.0. The summed E-state index contributed by atoms with van der Waals surface area (Å²) in [5, 5.41) is 46.8. The van der Waals surface area contributed by atoms with Gasteiger partial charge in [-0.2, -0.15) is 0 Å². The number of aliphatic carboxylic acids is 1. The van der Waals surface area contributed by atoms with Crippen LogP contribution < -0.4 is 0 Å². The van der Waals surface area contributed by atoms with Crippen LogP contribution in [0.25, 0.3) is 5.57 Å². The van der Waals surface area contributed by atoms with Gasteiger partial charge in [-0.1, -0.05) is 5.21 Å². The van der Waals surface area contributed by atoms with E-state index in [1.165, 1.54) is 6.20 Å². The fourth-order valence-electron chi connectivity index (χ4n) is 3.26. The third-order valence-corrected chi connectivity index (χ3v) is 4.73. The summed E-state index contributed by atoms with van der Waals surface area (Å²) in [6, 6.07) is -1.23. The summed E-state index contributed by atoms with van der Waals surface area (Å²) in [5.74, 6) is -5.67. The van der Waals surface area contributed by atoms with Crippen molar-refractivity contribution in [2.75, 3.05) is 6.61 Å². The molecule has 1 aromatic rings. The van der Waals surface area contributed by atoms with Gasteiger partial charge in [0.15, 0.2) is 17.5 Å². The molecule has 0 radical (unpaired) electrons. The van der Waals surface area contributed by atoms with Gasteiger partial charge < -0.3 is 25.2 Å². The zero-order valence-electron chi connectivity index (χ0n) is 14.8. The summed E-state index contributed by atoms with van der Waals surface area (Å²) in [7, 11) is 0. The molecule has 29 heavy (non-hydrogen) atoms. The minimum absolute atomic E-state index is 0.0279. The second-order valence-corrected chi connectivity index (χ2v) is 6.64. The molecule has 5 atom stereocenters. The molecule has 5 unspecified atom stereocenters. The largest absolute Gasteiger partial charge is 0.481 e. The lowest BCUT2D eigenvalue weighted by molar-refractivity contribution is -0.209. The average molecular weight is 417 g/mol. The molecule has 1 aliphatic carbocycles. The Morgan fingerprint density at radius 2 is 1.93 bits per heavy atom. The van der Waals surface area contributed by atoms with Gasteiger partial charge in [-0.05, 0) is 24.1 Å². The number of aliphatic hydroxyl groups excluding tert-OH is 3. The molecule has 9 nitrogen and oxygen atoms in total. The van der Waals surface area contributed by atoms with Gasteiger partial charge in [0.25, 0.3) is 0 Å². The van der Waals surface area contributed by atoms with E-state index < -0.39 is 66.9 Å². The quantitative estimate of drug-likeness (QED) is 0.546. The van der Waals surface area contributed by atoms with E-state index in [-0.39, 0.29) is 17.7 Å². The average Bonchev–Trinajstić information content (AvgIpc) is 3.10. The molecule has 0 spiro atoms. The van der Waals surface area contributed by atoms with Gasteiger partial charge in [-0.3, -0.25) is 4.79 Å². The molecule has 158 valence electrons. The Labute approximate surface area is 162 Å². The lowest BCUT2D eigenvalue weighted by atomic mass is 9.91. The highest BCUT2D eigenvalue weighted by Crippen LogP contribution is 2.33. The maximum absolute atomic E-state index is 13.7. The van der Waals surface area contributed by atoms with Crippen LogP contribution >= 0.6 is 0 Å². The third kappa shape index (κ3) is 4.24. The molecule has 12 heteroatoms. The zero-order chi connectivity index (χ0) is 21.3. The summed E-state index contributed by atoms with van der Waals surface area (Å²) in [5.41, 5.74) is 0.119. The number of aliphatic hydroxyl groups is 3. The van der Waals surface area contributed by atoms with Crippen LogP contribution in [0.5, 0.6) is 0 Å². The Bertz CT molecular complexity index is 884. The van der Waals surface area contributed by atoms with Crippen LogP contribution in [0, 0.1) is 0 Å². The number of carboxylic acid groups (broad SMARTS) is 1. The molecule has 0 amide bonds. The molecule has 0 saturated carbocycles. The van der Waals surface area contributed by atoms with Gasteiger partial charge >= 0.3 is 5.97 Å². The van der Waals surface area contributed by atoms with Gasteiger partial charge in [0.2, 0.25) is 0 Å². The number of rotatable bonds is 5. The standard InChI is InChI=1S/C17H18F3N3O6/c18-8-2-1-7(3-9(19)14(8)20)10-5-23(22-21-10)15-16(27)11(4-13(25)26)29-12(6-24)17(15)28/h2-3,5,11-12,15-17,24,27-28H,1,4,6H2,(H,25,26). The first-order valence-corrected chi connectivity index (χ1v) is 8.61. The van der Waals surface area contributed by atoms with Crippen molar-refractivity contribution in [2.24, 2.45) is 0 Å². The SMILES string of the molecule is O=C(O)CC1OC(CO)C(O)C(n2cc(C3=CC(F)=C(F)C(F)=CC3)nn2)C1O. The van der Waals surface area contributed by atoms with Crippen LogP contribution in [0.15, 0.2) is 35.8 Å². The molecule has 0 aromatic carbocycles. The fourth-order valence-corrected chi connectivity index (χ4v) is 3.26. The minimum Gasteiger partial charge on any atom is -0.481 e. The fraction of sp³-hybridized carbons (Fsp3) is 0.471. The summed E-state index contributed by atoms with van der Waals surface area (Å²) in [6.45, 7) is -0.646. The number of carboxylic acids is 1. The Balaban J connectivity index is 1.91. The van der Waals surface area contributed by atoms with Crippen molar-refractivity contribution < 1.29 is 43.1 Å². The molecule has 1 saturated heterocycles. The Morgan fingerprint density at radius 3 is 2.59 bits per heavy atom. The van der Waals surface area contributed by atoms with Crippen molar-refractivity contribution in [2.45, 2.75) is 43.3 Å². The van der Waals surface area contributed by atoms with E-state index >= 15 is 0 Å². The minimum atomic E-state index is -1.63. The maximum Gasteiger partial charge on any atom is 0.306 e. The second-order valence-electron chi connectivity index (χ2n) is 6.64. The van der Waals surface area contributed by atoms with Gasteiger partial charge in [0.1, 0.15) is 30.0 Å². The predicted molar refractivity (Wildman–Crippen MR) is 90.1 cm³/mol. The molecular formula is C17H18F3N3O6. The van der Waals surface area contributed by atoms with E-state index in [1.54, 1.807) is 0 Å². The van der Waals surface area contributed by atoms with E-state index in [9.17, 15) is 33.3 Å². The van der Waals surface area contributed by atoms with Gasteiger partial charge in [0.05, 0.1) is 25.3 Å². The number of nitrogens with zero attached hydrogens (tertiary/aromatic N) is 3. The van der Waals surface area contributed by atoms with Gasteiger partial charge in [0, 0.05) is 0 Å². The van der Waals surface area contributed by atoms with Crippen molar-refractivity contribution in [3.05, 3.63) is 41.5 Å². The van der Waals surface area contributed by atoms with E-state index in [0.29, 0.717) is 0 Å². The Morgan fingerprint density at radius 1 is 1.24 bits per heavy atom. The molecule has 2 heterocycles. The first-order valence-electron chi connectivity index (χ1n) is 8.61. The summed E-state index contributed by atoms with van der Waals surface area (Å²) >= 11 is 0. The zero-order valence-corrected chi connectivity index (χ0v) is 14.8. The monoisotopic (exact) mass is 417 g/mol. The van der Waals surface area contributed by atoms with Crippen LogP contribution in [0.1, 0.15) is 24.6 Å². The van der Waals surface area contributed by atoms with Crippen molar-refractivity contribution in [1.29, 1.82) is 0 Å². The maximum atomic E-state index is 13.7. The van der Waals surface area contributed by atoms with Gasteiger partial charge in [-0.15, -0.1) is 5.10 Å². The van der Waals surface area contributed by atoms with Gasteiger partial charge in [-0.25, -0.2) is 17.9 Å². The van der Waals surface area contributed by atoms with E-state index in [4.69, 9.17) is 9.84 Å². The first kappa shape index (κ1) is 21.2. The number of aromatic nitrogens is 3. The van der Waals surface area contributed by atoms with Crippen LogP contribution in [0.3, 0.4) is 0 Å². The van der Waals surface area contributed by atoms with Crippen molar-refractivity contribution in [1.82, 2.24) is 15.0 Å². The lowest BCUT2D eigenvalue weighted by Gasteiger charge is -2.41. The number of ether oxygens (including phenoxy) is 1. The highest BCUT2D eigenvalue weighted by Gasteiger charge is 2.46. The van der Waals surface area contributed by atoms with E-state index in [1.807, 2.05) is 0 Å². The third-order valence-electron chi connectivity index (χ3n) is 4.73. The van der Waals surface area contributed by atoms with Crippen LogP contribution in [0.2, 0.25) is 0 Å². The molecular weight excluding hydrogens is 399 g/mol. The number of hydrogen-bond acceptors (Lipinski definition) is 7. The van der Waals surface area contributed by atoms with Crippen LogP contribution in [0.4, 0.5) is 13.2 Å². The molecule has 4 N–H and O–H groups in total. The number of hydrogen-bond donors (Lipinski definition) is 4.